The zero-order chi connectivity index (χ0) is 10.7. The molecular weight excluding hydrogens is 244 g/mol. The van der Waals surface area contributed by atoms with Crippen molar-refractivity contribution in [3.63, 3.8) is 0 Å². The van der Waals surface area contributed by atoms with Crippen LogP contribution in [-0.2, 0) is 6.42 Å². The van der Waals surface area contributed by atoms with Gasteiger partial charge in [0.25, 0.3) is 0 Å². The summed E-state index contributed by atoms with van der Waals surface area (Å²) in [5.74, 6) is -0.851. The maximum Gasteiger partial charge on any atom is 0.335 e. The Morgan fingerprint density at radius 3 is 2.50 bits per heavy atom. The lowest BCUT2D eigenvalue weighted by Crippen LogP contribution is -2.03. The van der Waals surface area contributed by atoms with Crippen LogP contribution in [0.4, 0.5) is 0 Å². The number of hydrogen-bond acceptors (Lipinski definition) is 1. The molecule has 0 spiro atoms. The molecule has 0 aromatic heterocycles. The van der Waals surface area contributed by atoms with E-state index in [1.807, 2.05) is 19.9 Å². The number of aromatic carboxylic acids is 1. The maximum atomic E-state index is 10.8. The Morgan fingerprint density at radius 1 is 1.36 bits per heavy atom. The van der Waals surface area contributed by atoms with Crippen molar-refractivity contribution in [1.29, 1.82) is 0 Å². The molecule has 0 heterocycles. The Bertz CT molecular complexity index is 359. The van der Waals surface area contributed by atoms with Gasteiger partial charge in [0, 0.05) is 5.33 Å². The fourth-order valence-corrected chi connectivity index (χ4v) is 1.91. The third-order valence-corrected chi connectivity index (χ3v) is 2.89. The van der Waals surface area contributed by atoms with Gasteiger partial charge in [-0.3, -0.25) is 0 Å². The highest BCUT2D eigenvalue weighted by atomic mass is 79.9. The summed E-state index contributed by atoms with van der Waals surface area (Å²) in [6.45, 7) is 3.83. The molecule has 0 saturated heterocycles. The SMILES string of the molecule is Cc1c(CCBr)ccc(C(=O)O)c1C. The molecular formula is C11H13BrO2. The summed E-state index contributed by atoms with van der Waals surface area (Å²) >= 11 is 3.38. The van der Waals surface area contributed by atoms with Crippen molar-refractivity contribution >= 4 is 21.9 Å². The number of alkyl halides is 1. The van der Waals surface area contributed by atoms with Crippen LogP contribution in [0.1, 0.15) is 27.0 Å². The van der Waals surface area contributed by atoms with Gasteiger partial charge < -0.3 is 5.11 Å². The summed E-state index contributed by atoms with van der Waals surface area (Å²) < 4.78 is 0. The Kier molecular flexibility index (Phi) is 3.69. The quantitative estimate of drug-likeness (QED) is 0.845. The summed E-state index contributed by atoms with van der Waals surface area (Å²) in [6.07, 6.45) is 0.937. The van der Waals surface area contributed by atoms with E-state index in [4.69, 9.17) is 5.11 Å². The molecule has 0 aliphatic heterocycles. The van der Waals surface area contributed by atoms with Crippen molar-refractivity contribution in [2.45, 2.75) is 20.3 Å². The van der Waals surface area contributed by atoms with Crippen LogP contribution in [-0.4, -0.2) is 16.4 Å². The lowest BCUT2D eigenvalue weighted by atomic mass is 9.97. The minimum absolute atomic E-state index is 0.404. The average Bonchev–Trinajstić information content (AvgIpc) is 2.13. The summed E-state index contributed by atoms with van der Waals surface area (Å²) in [7, 11) is 0. The molecule has 0 aliphatic carbocycles. The molecule has 76 valence electrons. The number of aryl methyl sites for hydroxylation is 1. The van der Waals surface area contributed by atoms with Crippen LogP contribution >= 0.6 is 15.9 Å². The molecule has 0 fully saturated rings. The summed E-state index contributed by atoms with van der Waals surface area (Å²) in [5, 5.41) is 9.80. The van der Waals surface area contributed by atoms with Gasteiger partial charge >= 0.3 is 5.97 Å². The summed E-state index contributed by atoms with van der Waals surface area (Å²) in [4.78, 5) is 10.8. The maximum absolute atomic E-state index is 10.8. The van der Waals surface area contributed by atoms with E-state index in [9.17, 15) is 4.79 Å². The Hall–Kier alpha value is -0.830. The molecule has 14 heavy (non-hydrogen) atoms. The Balaban J connectivity index is 3.19. The molecule has 1 aromatic rings. The fourth-order valence-electron chi connectivity index (χ4n) is 1.48. The first-order valence-electron chi connectivity index (χ1n) is 4.46. The Morgan fingerprint density at radius 2 is 2.00 bits per heavy atom. The van der Waals surface area contributed by atoms with Crippen LogP contribution in [0.15, 0.2) is 12.1 Å². The largest absolute Gasteiger partial charge is 0.478 e. The minimum atomic E-state index is -0.851. The highest BCUT2D eigenvalue weighted by Gasteiger charge is 2.10. The van der Waals surface area contributed by atoms with E-state index in [0.717, 1.165) is 22.9 Å². The van der Waals surface area contributed by atoms with Gasteiger partial charge in [-0.1, -0.05) is 22.0 Å². The third-order valence-electron chi connectivity index (χ3n) is 2.49. The standard InChI is InChI=1S/C11H13BrO2/c1-7-8(2)10(11(13)14)4-3-9(7)5-6-12/h3-4H,5-6H2,1-2H3,(H,13,14). The molecule has 1 aromatic carbocycles. The molecule has 0 atom stereocenters. The summed E-state index contributed by atoms with van der Waals surface area (Å²) in [5.41, 5.74) is 3.57. The fraction of sp³-hybridized carbons (Fsp3) is 0.364. The first kappa shape index (κ1) is 11.2. The first-order chi connectivity index (χ1) is 6.57. The second-order valence-electron chi connectivity index (χ2n) is 3.27. The number of rotatable bonds is 3. The highest BCUT2D eigenvalue weighted by Crippen LogP contribution is 2.18. The van der Waals surface area contributed by atoms with E-state index < -0.39 is 5.97 Å². The molecule has 0 amide bonds. The highest BCUT2D eigenvalue weighted by molar-refractivity contribution is 9.09. The van der Waals surface area contributed by atoms with Gasteiger partial charge in [-0.15, -0.1) is 0 Å². The second-order valence-corrected chi connectivity index (χ2v) is 4.06. The smallest absolute Gasteiger partial charge is 0.335 e. The predicted molar refractivity (Wildman–Crippen MR) is 60.4 cm³/mol. The Labute approximate surface area is 92.1 Å². The molecule has 1 N–H and O–H groups in total. The molecule has 2 nitrogen and oxygen atoms in total. The third kappa shape index (κ3) is 2.15. The van der Waals surface area contributed by atoms with E-state index in [1.54, 1.807) is 6.07 Å². The first-order valence-corrected chi connectivity index (χ1v) is 5.58. The molecule has 0 aliphatic rings. The average molecular weight is 257 g/mol. The molecule has 0 unspecified atom stereocenters. The van der Waals surface area contributed by atoms with Crippen LogP contribution < -0.4 is 0 Å². The normalized spacial score (nSPS) is 10.2. The number of carboxylic acids is 1. The number of halogens is 1. The van der Waals surface area contributed by atoms with Crippen molar-refractivity contribution in [1.82, 2.24) is 0 Å². The topological polar surface area (TPSA) is 37.3 Å². The number of carbonyl (C=O) groups is 1. The van der Waals surface area contributed by atoms with Gasteiger partial charge in [0.15, 0.2) is 0 Å². The van der Waals surface area contributed by atoms with Gasteiger partial charge in [0.1, 0.15) is 0 Å². The van der Waals surface area contributed by atoms with E-state index in [1.165, 1.54) is 5.56 Å². The van der Waals surface area contributed by atoms with Crippen molar-refractivity contribution in [3.8, 4) is 0 Å². The molecule has 0 radical (unpaired) electrons. The lowest BCUT2D eigenvalue weighted by molar-refractivity contribution is 0.0696. The number of benzene rings is 1. The monoisotopic (exact) mass is 256 g/mol. The zero-order valence-electron chi connectivity index (χ0n) is 8.30. The van der Waals surface area contributed by atoms with Crippen LogP contribution in [0.2, 0.25) is 0 Å². The van der Waals surface area contributed by atoms with Gasteiger partial charge in [-0.05, 0) is 43.0 Å². The molecule has 1 rings (SSSR count). The van der Waals surface area contributed by atoms with Crippen LogP contribution in [0.25, 0.3) is 0 Å². The van der Waals surface area contributed by atoms with E-state index in [2.05, 4.69) is 15.9 Å². The van der Waals surface area contributed by atoms with Crippen molar-refractivity contribution in [2.24, 2.45) is 0 Å². The molecule has 3 heteroatoms. The summed E-state index contributed by atoms with van der Waals surface area (Å²) in [6, 6.07) is 3.58. The van der Waals surface area contributed by atoms with Crippen molar-refractivity contribution < 1.29 is 9.90 Å². The predicted octanol–water partition coefficient (Wildman–Crippen LogP) is 2.94. The molecule has 0 bridgehead atoms. The molecule has 0 saturated carbocycles. The van der Waals surface area contributed by atoms with Crippen molar-refractivity contribution in [2.75, 3.05) is 5.33 Å². The van der Waals surface area contributed by atoms with Crippen LogP contribution in [0.5, 0.6) is 0 Å². The number of hydrogen-bond donors (Lipinski definition) is 1. The lowest BCUT2D eigenvalue weighted by Gasteiger charge is -2.09. The number of carboxylic acid groups (broad SMARTS) is 1. The second kappa shape index (κ2) is 4.60. The van der Waals surface area contributed by atoms with E-state index in [0.29, 0.717) is 5.56 Å². The van der Waals surface area contributed by atoms with Gasteiger partial charge in [0.05, 0.1) is 5.56 Å². The van der Waals surface area contributed by atoms with Crippen molar-refractivity contribution in [3.05, 3.63) is 34.4 Å². The van der Waals surface area contributed by atoms with Gasteiger partial charge in [0.2, 0.25) is 0 Å². The minimum Gasteiger partial charge on any atom is -0.478 e. The zero-order valence-corrected chi connectivity index (χ0v) is 9.89. The van der Waals surface area contributed by atoms with Gasteiger partial charge in [-0.25, -0.2) is 4.79 Å². The van der Waals surface area contributed by atoms with Gasteiger partial charge in [-0.2, -0.15) is 0 Å². The van der Waals surface area contributed by atoms with E-state index >= 15 is 0 Å². The van der Waals surface area contributed by atoms with Crippen LogP contribution in [0, 0.1) is 13.8 Å². The van der Waals surface area contributed by atoms with E-state index in [-0.39, 0.29) is 0 Å². The van der Waals surface area contributed by atoms with Crippen LogP contribution in [0.3, 0.4) is 0 Å².